The van der Waals surface area contributed by atoms with E-state index >= 15 is 0 Å². The van der Waals surface area contributed by atoms with Gasteiger partial charge in [0.1, 0.15) is 0 Å². The maximum Gasteiger partial charge on any atom is 0.191 e. The maximum atomic E-state index is 5.61. The van der Waals surface area contributed by atoms with Crippen molar-refractivity contribution in [1.29, 1.82) is 0 Å². The minimum absolute atomic E-state index is 0. The van der Waals surface area contributed by atoms with Crippen molar-refractivity contribution in [2.75, 3.05) is 26.3 Å². The summed E-state index contributed by atoms with van der Waals surface area (Å²) < 4.78 is 5.61. The van der Waals surface area contributed by atoms with Gasteiger partial charge in [-0.15, -0.1) is 24.0 Å². The molecule has 0 heterocycles. The third-order valence-corrected chi connectivity index (χ3v) is 3.48. The fourth-order valence-corrected chi connectivity index (χ4v) is 1.59. The van der Waals surface area contributed by atoms with Gasteiger partial charge in [0.2, 0.25) is 0 Å². The summed E-state index contributed by atoms with van der Waals surface area (Å²) in [4.78, 5) is 4.58. The Morgan fingerprint density at radius 2 is 2.00 bits per heavy atom. The lowest BCUT2D eigenvalue weighted by Gasteiger charge is -2.20. The van der Waals surface area contributed by atoms with Gasteiger partial charge in [-0.3, -0.25) is 4.99 Å². The Morgan fingerprint density at radius 3 is 2.55 bits per heavy atom. The molecule has 20 heavy (non-hydrogen) atoms. The number of ether oxygens (including phenoxy) is 1. The maximum absolute atomic E-state index is 5.61. The molecule has 0 aromatic heterocycles. The third kappa shape index (κ3) is 9.80. The molecule has 0 aromatic rings. The van der Waals surface area contributed by atoms with Gasteiger partial charge in [-0.1, -0.05) is 13.8 Å². The molecule has 120 valence electrons. The van der Waals surface area contributed by atoms with Crippen molar-refractivity contribution in [1.82, 2.24) is 10.6 Å². The Labute approximate surface area is 141 Å². The minimum Gasteiger partial charge on any atom is -0.381 e. The predicted molar refractivity (Wildman–Crippen MR) is 97.0 cm³/mol. The second kappa shape index (κ2) is 11.6. The molecule has 0 amide bonds. The highest BCUT2D eigenvalue weighted by molar-refractivity contribution is 14.0. The largest absolute Gasteiger partial charge is 0.381 e. The van der Waals surface area contributed by atoms with E-state index in [0.29, 0.717) is 12.0 Å². The van der Waals surface area contributed by atoms with Crippen LogP contribution in [0.25, 0.3) is 0 Å². The molecular weight excluding hydrogens is 365 g/mol. The first-order chi connectivity index (χ1) is 9.13. The van der Waals surface area contributed by atoms with Gasteiger partial charge in [0.25, 0.3) is 0 Å². The van der Waals surface area contributed by atoms with Crippen LogP contribution >= 0.6 is 24.0 Å². The monoisotopic (exact) mass is 397 g/mol. The van der Waals surface area contributed by atoms with Crippen LogP contribution in [0, 0.1) is 11.8 Å². The molecule has 0 spiro atoms. The molecular formula is C15H32IN3O. The Hall–Kier alpha value is -0.0400. The zero-order chi connectivity index (χ0) is 14.1. The topological polar surface area (TPSA) is 45.7 Å². The molecule has 0 aromatic carbocycles. The zero-order valence-electron chi connectivity index (χ0n) is 13.4. The van der Waals surface area contributed by atoms with Crippen molar-refractivity contribution in [3.05, 3.63) is 0 Å². The summed E-state index contributed by atoms with van der Waals surface area (Å²) in [6, 6.07) is 0.434. The Bertz CT molecular complexity index is 268. The summed E-state index contributed by atoms with van der Waals surface area (Å²) in [6.07, 6.45) is 3.72. The van der Waals surface area contributed by atoms with E-state index in [1.807, 2.05) is 0 Å². The average Bonchev–Trinajstić information content (AvgIpc) is 3.17. The van der Waals surface area contributed by atoms with Gasteiger partial charge in [0.05, 0.1) is 0 Å². The van der Waals surface area contributed by atoms with Crippen LogP contribution < -0.4 is 10.6 Å². The molecule has 1 saturated carbocycles. The molecule has 1 aliphatic carbocycles. The van der Waals surface area contributed by atoms with Crippen molar-refractivity contribution in [3.8, 4) is 0 Å². The van der Waals surface area contributed by atoms with Gasteiger partial charge in [-0.05, 0) is 44.9 Å². The van der Waals surface area contributed by atoms with Crippen LogP contribution in [-0.2, 0) is 4.74 Å². The zero-order valence-corrected chi connectivity index (χ0v) is 15.8. The summed E-state index contributed by atoms with van der Waals surface area (Å²) in [5, 5.41) is 6.72. The van der Waals surface area contributed by atoms with E-state index in [2.05, 4.69) is 43.3 Å². The van der Waals surface area contributed by atoms with Crippen molar-refractivity contribution in [2.45, 2.75) is 53.0 Å². The standard InChI is InChI=1S/C15H31N3O.HI/c1-5-16-15(18-13(4)12(2)3)17-9-6-10-19-11-14-7-8-14;/h12-14H,5-11H2,1-4H3,(H2,16,17,18);1H. The molecule has 0 bridgehead atoms. The first-order valence-corrected chi connectivity index (χ1v) is 7.76. The van der Waals surface area contributed by atoms with E-state index in [1.165, 1.54) is 12.8 Å². The van der Waals surface area contributed by atoms with E-state index in [4.69, 9.17) is 4.74 Å². The molecule has 0 aliphatic heterocycles. The fourth-order valence-electron chi connectivity index (χ4n) is 1.59. The van der Waals surface area contributed by atoms with Crippen LogP contribution in [-0.4, -0.2) is 38.3 Å². The van der Waals surface area contributed by atoms with Crippen LogP contribution in [0.5, 0.6) is 0 Å². The smallest absolute Gasteiger partial charge is 0.191 e. The van der Waals surface area contributed by atoms with Crippen molar-refractivity contribution in [3.63, 3.8) is 0 Å². The van der Waals surface area contributed by atoms with Crippen LogP contribution in [0.2, 0.25) is 0 Å². The van der Waals surface area contributed by atoms with E-state index in [-0.39, 0.29) is 24.0 Å². The van der Waals surface area contributed by atoms with Gasteiger partial charge >= 0.3 is 0 Å². The van der Waals surface area contributed by atoms with Gasteiger partial charge in [-0.2, -0.15) is 0 Å². The number of aliphatic imine (C=N–C) groups is 1. The lowest BCUT2D eigenvalue weighted by molar-refractivity contribution is 0.123. The summed E-state index contributed by atoms with van der Waals surface area (Å²) in [5.74, 6) is 2.38. The quantitative estimate of drug-likeness (QED) is 0.272. The second-order valence-electron chi connectivity index (χ2n) is 5.81. The van der Waals surface area contributed by atoms with Gasteiger partial charge in [-0.25, -0.2) is 0 Å². The van der Waals surface area contributed by atoms with Gasteiger partial charge in [0, 0.05) is 32.3 Å². The summed E-state index contributed by atoms with van der Waals surface area (Å²) in [6.45, 7) is 12.2. The molecule has 2 N–H and O–H groups in total. The van der Waals surface area contributed by atoms with Crippen molar-refractivity contribution in [2.24, 2.45) is 16.8 Å². The van der Waals surface area contributed by atoms with E-state index in [9.17, 15) is 0 Å². The van der Waals surface area contributed by atoms with E-state index in [0.717, 1.165) is 44.6 Å². The molecule has 1 rings (SSSR count). The summed E-state index contributed by atoms with van der Waals surface area (Å²) in [7, 11) is 0. The first kappa shape index (κ1) is 20.0. The highest BCUT2D eigenvalue weighted by atomic mass is 127. The molecule has 1 unspecified atom stereocenters. The third-order valence-electron chi connectivity index (χ3n) is 3.48. The molecule has 4 nitrogen and oxygen atoms in total. The van der Waals surface area contributed by atoms with Crippen LogP contribution in [0.1, 0.15) is 47.0 Å². The number of hydrogen-bond donors (Lipinski definition) is 2. The highest BCUT2D eigenvalue weighted by Crippen LogP contribution is 2.28. The molecule has 1 atom stereocenters. The molecule has 5 heteroatoms. The fraction of sp³-hybridized carbons (Fsp3) is 0.933. The number of rotatable bonds is 9. The number of halogens is 1. The number of hydrogen-bond acceptors (Lipinski definition) is 2. The highest BCUT2D eigenvalue weighted by Gasteiger charge is 2.20. The van der Waals surface area contributed by atoms with Crippen molar-refractivity contribution >= 4 is 29.9 Å². The second-order valence-corrected chi connectivity index (χ2v) is 5.81. The summed E-state index contributed by atoms with van der Waals surface area (Å²) >= 11 is 0. The van der Waals surface area contributed by atoms with Gasteiger partial charge < -0.3 is 15.4 Å². The number of guanidine groups is 1. The van der Waals surface area contributed by atoms with Crippen LogP contribution in [0.15, 0.2) is 4.99 Å². The van der Waals surface area contributed by atoms with Crippen LogP contribution in [0.4, 0.5) is 0 Å². The summed E-state index contributed by atoms with van der Waals surface area (Å²) in [5.41, 5.74) is 0. The lowest BCUT2D eigenvalue weighted by atomic mass is 10.1. The molecule has 1 fully saturated rings. The number of nitrogens with zero attached hydrogens (tertiary/aromatic N) is 1. The Morgan fingerprint density at radius 1 is 1.30 bits per heavy atom. The molecule has 0 radical (unpaired) electrons. The van der Waals surface area contributed by atoms with Crippen molar-refractivity contribution < 1.29 is 4.74 Å². The first-order valence-electron chi connectivity index (χ1n) is 7.76. The number of nitrogens with one attached hydrogen (secondary N) is 2. The minimum atomic E-state index is 0. The molecule has 1 aliphatic rings. The normalized spacial score (nSPS) is 16.8. The van der Waals surface area contributed by atoms with E-state index in [1.54, 1.807) is 0 Å². The SMILES string of the molecule is CCNC(=NCCCOCC1CC1)NC(C)C(C)C.I. The molecule has 0 saturated heterocycles. The predicted octanol–water partition coefficient (Wildman–Crippen LogP) is 3.02. The van der Waals surface area contributed by atoms with Gasteiger partial charge in [0.15, 0.2) is 5.96 Å². The van der Waals surface area contributed by atoms with E-state index < -0.39 is 0 Å². The Kier molecular flexibility index (Phi) is 11.6. The lowest BCUT2D eigenvalue weighted by Crippen LogP contribution is -2.44. The Balaban J connectivity index is 0.00000361. The average molecular weight is 397 g/mol. The van der Waals surface area contributed by atoms with Crippen LogP contribution in [0.3, 0.4) is 0 Å².